The molecule has 0 radical (unpaired) electrons. The zero-order valence-corrected chi connectivity index (χ0v) is 24.5. The largest absolute Gasteiger partial charge is 0.491 e. The van der Waals surface area contributed by atoms with Crippen LogP contribution < -0.4 is 14.8 Å². The van der Waals surface area contributed by atoms with Gasteiger partial charge >= 0.3 is 6.03 Å². The molecule has 0 fully saturated rings. The van der Waals surface area contributed by atoms with E-state index >= 15 is 0 Å². The van der Waals surface area contributed by atoms with Crippen LogP contribution in [-0.4, -0.2) is 82.2 Å². The maximum atomic E-state index is 13.4. The van der Waals surface area contributed by atoms with Crippen LogP contribution >= 0.6 is 0 Å². The number of amides is 3. The second kappa shape index (κ2) is 12.7. The van der Waals surface area contributed by atoms with Crippen LogP contribution in [0.4, 0.5) is 10.5 Å². The lowest BCUT2D eigenvalue weighted by Crippen LogP contribution is -2.52. The van der Waals surface area contributed by atoms with Crippen molar-refractivity contribution in [2.45, 2.75) is 57.7 Å². The van der Waals surface area contributed by atoms with Crippen molar-refractivity contribution >= 4 is 27.6 Å². The summed E-state index contributed by atoms with van der Waals surface area (Å²) in [6, 6.07) is 10.5. The lowest BCUT2D eigenvalue weighted by Gasteiger charge is -2.36. The summed E-state index contributed by atoms with van der Waals surface area (Å²) in [4.78, 5) is 29.9. The molecule has 2 aromatic rings. The highest BCUT2D eigenvalue weighted by molar-refractivity contribution is 7.92. The molecule has 3 atom stereocenters. The molecule has 2 aromatic carbocycles. The number of methoxy groups -OCH3 is 1. The molecule has 0 bridgehead atoms. The van der Waals surface area contributed by atoms with Gasteiger partial charge in [-0.3, -0.25) is 9.52 Å². The van der Waals surface area contributed by atoms with E-state index in [2.05, 4.69) is 10.0 Å². The summed E-state index contributed by atoms with van der Waals surface area (Å²) in [6.07, 6.45) is -0.315. The zero-order chi connectivity index (χ0) is 28.9. The third-order valence-corrected chi connectivity index (χ3v) is 8.10. The summed E-state index contributed by atoms with van der Waals surface area (Å²) in [7, 11) is -0.588. The second-order valence-electron chi connectivity index (χ2n) is 10.5. The molecular weight excluding hydrogens is 520 g/mol. The van der Waals surface area contributed by atoms with Crippen molar-refractivity contribution in [1.82, 2.24) is 15.1 Å². The molecule has 3 amide bonds. The van der Waals surface area contributed by atoms with Gasteiger partial charge in [-0.2, -0.15) is 0 Å². The van der Waals surface area contributed by atoms with E-state index in [1.54, 1.807) is 42.2 Å². The predicted octanol–water partition coefficient (Wildman–Crippen LogP) is 3.72. The van der Waals surface area contributed by atoms with E-state index in [0.717, 1.165) is 5.56 Å². The number of rotatable bonds is 5. The fourth-order valence-electron chi connectivity index (χ4n) is 4.38. The summed E-state index contributed by atoms with van der Waals surface area (Å²) in [5.41, 5.74) is 1.48. The van der Waals surface area contributed by atoms with Crippen LogP contribution in [-0.2, 0) is 14.8 Å². The number of carbonyl (C=O) groups is 2. The Morgan fingerprint density at radius 2 is 1.77 bits per heavy atom. The van der Waals surface area contributed by atoms with Crippen molar-refractivity contribution in [3.8, 4) is 5.75 Å². The van der Waals surface area contributed by atoms with Gasteiger partial charge in [-0.1, -0.05) is 24.6 Å². The first-order chi connectivity index (χ1) is 18.3. The normalized spacial score (nSPS) is 20.9. The number of urea groups is 1. The van der Waals surface area contributed by atoms with E-state index < -0.39 is 10.0 Å². The van der Waals surface area contributed by atoms with Crippen LogP contribution in [0.25, 0.3) is 0 Å². The number of sulfonamides is 1. The van der Waals surface area contributed by atoms with Gasteiger partial charge in [-0.15, -0.1) is 0 Å². The van der Waals surface area contributed by atoms with Crippen LogP contribution in [0.1, 0.15) is 43.6 Å². The van der Waals surface area contributed by atoms with Crippen molar-refractivity contribution in [3.05, 3.63) is 53.6 Å². The van der Waals surface area contributed by atoms with Gasteiger partial charge in [0.15, 0.2) is 0 Å². The molecule has 2 N–H and O–H groups in total. The van der Waals surface area contributed by atoms with Gasteiger partial charge in [0.05, 0.1) is 28.3 Å². The van der Waals surface area contributed by atoms with Crippen molar-refractivity contribution in [1.29, 1.82) is 0 Å². The molecule has 0 aromatic heterocycles. The van der Waals surface area contributed by atoms with Crippen LogP contribution in [0.5, 0.6) is 5.75 Å². The quantitative estimate of drug-likeness (QED) is 0.576. The van der Waals surface area contributed by atoms with Gasteiger partial charge in [0, 0.05) is 45.3 Å². The first-order valence-electron chi connectivity index (χ1n) is 13.0. The molecule has 0 saturated heterocycles. The maximum Gasteiger partial charge on any atom is 0.317 e. The number of anilines is 1. The molecule has 0 saturated carbocycles. The van der Waals surface area contributed by atoms with Gasteiger partial charge in [0.1, 0.15) is 12.4 Å². The Hall–Kier alpha value is -3.31. The average Bonchev–Trinajstić information content (AvgIpc) is 2.87. The number of hydrogen-bond donors (Lipinski definition) is 2. The van der Waals surface area contributed by atoms with Crippen LogP contribution in [0.3, 0.4) is 0 Å². The number of benzene rings is 2. The fourth-order valence-corrected chi connectivity index (χ4v) is 5.43. The summed E-state index contributed by atoms with van der Waals surface area (Å²) in [5, 5.41) is 2.95. The van der Waals surface area contributed by atoms with Crippen molar-refractivity contribution < 1.29 is 27.5 Å². The van der Waals surface area contributed by atoms with Crippen LogP contribution in [0.2, 0.25) is 0 Å². The number of aryl methyl sites for hydroxylation is 1. The smallest absolute Gasteiger partial charge is 0.317 e. The van der Waals surface area contributed by atoms with Gasteiger partial charge in [-0.25, -0.2) is 13.2 Å². The predicted molar refractivity (Wildman–Crippen MR) is 151 cm³/mol. The van der Waals surface area contributed by atoms with Gasteiger partial charge in [-0.05, 0) is 52.0 Å². The molecule has 3 rings (SSSR count). The number of likely N-dealkylation sites (N-methyl/N-ethyl adjacent to an activating group) is 1. The summed E-state index contributed by atoms with van der Waals surface area (Å²) < 4.78 is 40.3. The Bertz CT molecular complexity index is 1270. The first kappa shape index (κ1) is 30.2. The standard InChI is InChI=1S/C28H40N4O6S/c1-18(2)29-28(34)32-15-20(4)26(37-7)16-31(6)27(33)24-13-10-22(14-25(24)38-17-21(32)5)30-39(35,36)23-11-8-19(3)9-12-23/h8-14,18,20-21,26,30H,15-17H2,1-7H3,(H,29,34)/t20-,21+,26-/m0/s1. The van der Waals surface area contributed by atoms with Crippen molar-refractivity contribution in [2.75, 3.05) is 38.6 Å². The van der Waals surface area contributed by atoms with E-state index in [1.165, 1.54) is 24.3 Å². The number of nitrogens with one attached hydrogen (secondary N) is 2. The lowest BCUT2D eigenvalue weighted by molar-refractivity contribution is 0.0165. The summed E-state index contributed by atoms with van der Waals surface area (Å²) >= 11 is 0. The third-order valence-electron chi connectivity index (χ3n) is 6.70. The third kappa shape index (κ3) is 7.63. The number of fused-ring (bicyclic) bond motifs is 1. The molecule has 1 aliphatic heterocycles. The Morgan fingerprint density at radius 3 is 2.38 bits per heavy atom. The van der Waals surface area contributed by atoms with Gasteiger partial charge < -0.3 is 24.6 Å². The van der Waals surface area contributed by atoms with Crippen LogP contribution in [0.15, 0.2) is 47.4 Å². The van der Waals surface area contributed by atoms with Crippen molar-refractivity contribution in [2.24, 2.45) is 5.92 Å². The summed E-state index contributed by atoms with van der Waals surface area (Å²) in [5.74, 6) is -0.132. The highest BCUT2D eigenvalue weighted by Gasteiger charge is 2.30. The molecule has 0 unspecified atom stereocenters. The molecular formula is C28H40N4O6S. The van der Waals surface area contributed by atoms with Crippen LogP contribution in [0, 0.1) is 12.8 Å². The fraction of sp³-hybridized carbons (Fsp3) is 0.500. The molecule has 0 aliphatic carbocycles. The molecule has 10 nitrogen and oxygen atoms in total. The van der Waals surface area contributed by atoms with E-state index in [1.807, 2.05) is 34.6 Å². The molecule has 11 heteroatoms. The Balaban J connectivity index is 1.97. The van der Waals surface area contributed by atoms with E-state index in [0.29, 0.717) is 13.1 Å². The monoisotopic (exact) mass is 560 g/mol. The SMILES string of the molecule is CO[C@H]1CN(C)C(=O)c2ccc(NS(=O)(=O)c3ccc(C)cc3)cc2OC[C@@H](C)N(C(=O)NC(C)C)C[C@@H]1C. The minimum Gasteiger partial charge on any atom is -0.491 e. The number of nitrogens with zero attached hydrogens (tertiary/aromatic N) is 2. The Labute approximate surface area is 231 Å². The Morgan fingerprint density at radius 1 is 1.10 bits per heavy atom. The number of carbonyl (C=O) groups excluding carboxylic acids is 2. The minimum absolute atomic E-state index is 0.0471. The van der Waals surface area contributed by atoms with E-state index in [9.17, 15) is 18.0 Å². The molecule has 0 spiro atoms. The zero-order valence-electron chi connectivity index (χ0n) is 23.7. The minimum atomic E-state index is -3.86. The highest BCUT2D eigenvalue weighted by atomic mass is 32.2. The Kier molecular flexibility index (Phi) is 9.84. The number of hydrogen-bond acceptors (Lipinski definition) is 6. The maximum absolute atomic E-state index is 13.4. The molecule has 1 aliphatic rings. The van der Waals surface area contributed by atoms with Crippen molar-refractivity contribution in [3.63, 3.8) is 0 Å². The highest BCUT2D eigenvalue weighted by Crippen LogP contribution is 2.28. The molecule has 39 heavy (non-hydrogen) atoms. The average molecular weight is 561 g/mol. The topological polar surface area (TPSA) is 117 Å². The lowest BCUT2D eigenvalue weighted by atomic mass is 10.0. The molecule has 1 heterocycles. The second-order valence-corrected chi connectivity index (χ2v) is 12.2. The summed E-state index contributed by atoms with van der Waals surface area (Å²) in [6.45, 7) is 10.3. The van der Waals surface area contributed by atoms with E-state index in [-0.39, 0.29) is 64.5 Å². The van der Waals surface area contributed by atoms with Gasteiger partial charge in [0.25, 0.3) is 15.9 Å². The van der Waals surface area contributed by atoms with Gasteiger partial charge in [0.2, 0.25) is 0 Å². The number of ether oxygens (including phenoxy) is 2. The first-order valence-corrected chi connectivity index (χ1v) is 14.5. The van der Waals surface area contributed by atoms with E-state index in [4.69, 9.17) is 9.47 Å². The molecule has 214 valence electrons.